The number of fused-ring (bicyclic) bond motifs is 2. The molecular formula is C24H24N2O4. The second-order valence-corrected chi connectivity index (χ2v) is 7.53. The zero-order valence-electron chi connectivity index (χ0n) is 17.6. The van der Waals surface area contributed by atoms with Crippen LogP contribution in [0, 0.1) is 0 Å². The number of methoxy groups -OCH3 is 2. The summed E-state index contributed by atoms with van der Waals surface area (Å²) in [7, 11) is 6.60. The highest BCUT2D eigenvalue weighted by molar-refractivity contribution is 5.99. The predicted octanol–water partition coefficient (Wildman–Crippen LogP) is 3.93. The molecule has 0 saturated carbocycles. The van der Waals surface area contributed by atoms with Gasteiger partial charge in [0.25, 0.3) is 0 Å². The third-order valence-corrected chi connectivity index (χ3v) is 5.56. The minimum absolute atomic E-state index is 0.335. The Bertz CT molecular complexity index is 1090. The van der Waals surface area contributed by atoms with Crippen LogP contribution in [-0.2, 0) is 36.4 Å². The molecule has 4 rings (SSSR count). The average molecular weight is 404 g/mol. The van der Waals surface area contributed by atoms with Crippen LogP contribution in [0.2, 0.25) is 0 Å². The summed E-state index contributed by atoms with van der Waals surface area (Å²) in [4.78, 5) is 24.3. The molecule has 0 atom stereocenters. The molecule has 0 amide bonds. The molecule has 0 aromatic carbocycles. The molecule has 0 bridgehead atoms. The number of nitrogens with zero attached hydrogens (tertiary/aromatic N) is 2. The molecule has 2 aliphatic heterocycles. The molecule has 6 heteroatoms. The van der Waals surface area contributed by atoms with Crippen LogP contribution in [0.4, 0.5) is 0 Å². The maximum atomic E-state index is 12.1. The Hall–Kier alpha value is -3.54. The van der Waals surface area contributed by atoms with Crippen LogP contribution in [0.3, 0.4) is 0 Å². The van der Waals surface area contributed by atoms with Gasteiger partial charge >= 0.3 is 11.9 Å². The van der Waals surface area contributed by atoms with Crippen molar-refractivity contribution in [3.8, 4) is 22.3 Å². The molecule has 0 spiro atoms. The number of esters is 2. The molecule has 2 heterocycles. The van der Waals surface area contributed by atoms with Gasteiger partial charge in [-0.2, -0.15) is 0 Å². The van der Waals surface area contributed by atoms with Gasteiger partial charge in [-0.3, -0.25) is 0 Å². The Morgan fingerprint density at radius 2 is 1.07 bits per heavy atom. The number of aromatic nitrogens is 2. The van der Waals surface area contributed by atoms with Crippen LogP contribution >= 0.6 is 0 Å². The fraction of sp³-hybridized carbons (Fsp3) is 0.250. The van der Waals surface area contributed by atoms with Gasteiger partial charge in [0, 0.05) is 50.0 Å². The van der Waals surface area contributed by atoms with Gasteiger partial charge in [0.15, 0.2) is 0 Å². The number of aryl methyl sites for hydroxylation is 4. The molecule has 0 saturated heterocycles. The first kappa shape index (κ1) is 19.8. The number of hydrogen-bond donors (Lipinski definition) is 0. The zero-order chi connectivity index (χ0) is 21.4. The van der Waals surface area contributed by atoms with Gasteiger partial charge in [0.1, 0.15) is 0 Å². The molecule has 0 radical (unpaired) electrons. The molecule has 0 N–H and O–H groups in total. The van der Waals surface area contributed by atoms with Crippen molar-refractivity contribution in [3.05, 3.63) is 71.3 Å². The average Bonchev–Trinajstić information content (AvgIpc) is 3.33. The van der Waals surface area contributed by atoms with Crippen LogP contribution in [-0.4, -0.2) is 35.3 Å². The summed E-state index contributed by atoms with van der Waals surface area (Å²) in [6, 6.07) is 8.11. The number of ether oxygens (including phenoxy) is 2. The zero-order valence-corrected chi connectivity index (χ0v) is 17.6. The number of pyridine rings is 2. The van der Waals surface area contributed by atoms with E-state index in [1.165, 1.54) is 25.3 Å². The van der Waals surface area contributed by atoms with Crippen LogP contribution < -0.4 is 0 Å². The second-order valence-electron chi connectivity index (χ2n) is 7.53. The van der Waals surface area contributed by atoms with Crippen molar-refractivity contribution >= 4 is 11.9 Å². The fourth-order valence-corrected chi connectivity index (χ4v) is 4.13. The Morgan fingerprint density at radius 1 is 0.667 bits per heavy atom. The van der Waals surface area contributed by atoms with E-state index in [2.05, 4.69) is 12.1 Å². The molecule has 2 aliphatic carbocycles. The van der Waals surface area contributed by atoms with E-state index in [1.807, 2.05) is 47.8 Å². The highest BCUT2D eigenvalue weighted by atomic mass is 16.5. The molecular weight excluding hydrogens is 380 g/mol. The first-order valence-electron chi connectivity index (χ1n) is 9.74. The Labute approximate surface area is 175 Å². The van der Waals surface area contributed by atoms with Crippen molar-refractivity contribution in [3.63, 3.8) is 0 Å². The van der Waals surface area contributed by atoms with E-state index in [0.29, 0.717) is 11.1 Å². The van der Waals surface area contributed by atoms with Gasteiger partial charge in [-0.05, 0) is 35.1 Å². The first-order valence-corrected chi connectivity index (χ1v) is 9.74. The number of rotatable bonds is 5. The summed E-state index contributed by atoms with van der Waals surface area (Å²) in [6.45, 7) is 0. The first-order chi connectivity index (χ1) is 14.4. The fourth-order valence-electron chi connectivity index (χ4n) is 4.13. The topological polar surface area (TPSA) is 62.5 Å². The summed E-state index contributed by atoms with van der Waals surface area (Å²) in [5.41, 5.74) is 7.40. The van der Waals surface area contributed by atoms with E-state index in [4.69, 9.17) is 9.47 Å². The minimum atomic E-state index is -0.335. The van der Waals surface area contributed by atoms with Gasteiger partial charge < -0.3 is 18.6 Å². The lowest BCUT2D eigenvalue weighted by Gasteiger charge is -2.13. The molecule has 0 aromatic rings. The van der Waals surface area contributed by atoms with E-state index in [-0.39, 0.29) is 11.9 Å². The van der Waals surface area contributed by atoms with E-state index in [0.717, 1.165) is 35.1 Å². The quantitative estimate of drug-likeness (QED) is 0.473. The largest absolute Gasteiger partial charge is 0.465 e. The summed E-state index contributed by atoms with van der Waals surface area (Å²) in [5, 5.41) is 0. The molecule has 0 aromatic heterocycles. The van der Waals surface area contributed by atoms with Crippen molar-refractivity contribution < 1.29 is 19.1 Å². The second kappa shape index (κ2) is 7.71. The van der Waals surface area contributed by atoms with Gasteiger partial charge in [-0.25, -0.2) is 9.59 Å². The van der Waals surface area contributed by atoms with Crippen LogP contribution in [0.1, 0.15) is 31.8 Å². The maximum Gasteiger partial charge on any atom is 0.339 e. The van der Waals surface area contributed by atoms with E-state index in [9.17, 15) is 9.59 Å². The van der Waals surface area contributed by atoms with Gasteiger partial charge in [-0.1, -0.05) is 24.3 Å². The lowest BCUT2D eigenvalue weighted by Crippen LogP contribution is -2.08. The SMILES string of the molecule is COC(=O)c1cn(C)cc2c(CCc3ccc4c(C(=O)OC)cn(C)cc3-4)ccc1-2. The lowest BCUT2D eigenvalue weighted by atomic mass is 9.97. The summed E-state index contributed by atoms with van der Waals surface area (Å²) >= 11 is 0. The van der Waals surface area contributed by atoms with Crippen LogP contribution in [0.5, 0.6) is 0 Å². The third-order valence-electron chi connectivity index (χ3n) is 5.56. The summed E-state index contributed by atoms with van der Waals surface area (Å²) in [5.74, 6) is -0.670. The Kier molecular flexibility index (Phi) is 5.08. The molecule has 30 heavy (non-hydrogen) atoms. The Morgan fingerprint density at radius 3 is 1.43 bits per heavy atom. The molecule has 0 unspecified atom stereocenters. The van der Waals surface area contributed by atoms with Gasteiger partial charge in [-0.15, -0.1) is 0 Å². The number of carbonyl (C=O) groups excluding carboxylic acids is 2. The standard InChI is InChI=1S/C24H24N2O4/c1-25-11-19-15(7-9-17(19)21(13-25)23(27)29-3)5-6-16-8-10-18-20(16)12-26(2)14-22(18)24(28)30-4/h7-14H,5-6H2,1-4H3. The number of hydrogen-bond acceptors (Lipinski definition) is 4. The van der Waals surface area contributed by atoms with Crippen molar-refractivity contribution in [1.82, 2.24) is 9.13 Å². The highest BCUT2D eigenvalue weighted by Crippen LogP contribution is 2.35. The van der Waals surface area contributed by atoms with Crippen molar-refractivity contribution in [2.24, 2.45) is 14.1 Å². The van der Waals surface area contributed by atoms with Gasteiger partial charge in [0.2, 0.25) is 0 Å². The Balaban J connectivity index is 1.63. The summed E-state index contributed by atoms with van der Waals surface area (Å²) < 4.78 is 13.6. The van der Waals surface area contributed by atoms with E-state index >= 15 is 0 Å². The van der Waals surface area contributed by atoms with Gasteiger partial charge in [0.05, 0.1) is 25.3 Å². The highest BCUT2D eigenvalue weighted by Gasteiger charge is 2.22. The smallest absolute Gasteiger partial charge is 0.339 e. The maximum absolute atomic E-state index is 12.1. The lowest BCUT2D eigenvalue weighted by molar-refractivity contribution is 0.0591. The molecule has 4 aliphatic rings. The molecule has 0 fully saturated rings. The minimum Gasteiger partial charge on any atom is -0.465 e. The monoisotopic (exact) mass is 404 g/mol. The van der Waals surface area contributed by atoms with Crippen molar-refractivity contribution in [2.45, 2.75) is 12.8 Å². The predicted molar refractivity (Wildman–Crippen MR) is 114 cm³/mol. The number of carbonyl (C=O) groups is 2. The normalized spacial score (nSPS) is 11.2. The van der Waals surface area contributed by atoms with Crippen molar-refractivity contribution in [1.29, 1.82) is 0 Å². The third kappa shape index (κ3) is 3.34. The van der Waals surface area contributed by atoms with E-state index in [1.54, 1.807) is 12.4 Å². The van der Waals surface area contributed by atoms with Crippen LogP contribution in [0.15, 0.2) is 49.1 Å². The molecule has 154 valence electrons. The molecule has 6 nitrogen and oxygen atoms in total. The summed E-state index contributed by atoms with van der Waals surface area (Å²) in [6.07, 6.45) is 9.29. The van der Waals surface area contributed by atoms with Crippen molar-refractivity contribution in [2.75, 3.05) is 14.2 Å². The van der Waals surface area contributed by atoms with E-state index < -0.39 is 0 Å². The van der Waals surface area contributed by atoms with Crippen LogP contribution in [0.25, 0.3) is 22.3 Å².